The van der Waals surface area contributed by atoms with Crippen LogP contribution in [0.4, 0.5) is 0 Å². The fourth-order valence-electron chi connectivity index (χ4n) is 0.293. The quantitative estimate of drug-likeness (QED) is 0.396. The van der Waals surface area contributed by atoms with Gasteiger partial charge in [-0.3, -0.25) is 0 Å². The van der Waals surface area contributed by atoms with Crippen molar-refractivity contribution in [3.8, 4) is 0 Å². The van der Waals surface area contributed by atoms with Crippen LogP contribution in [0.2, 0.25) is 0 Å². The molecule has 0 amide bonds. The summed E-state index contributed by atoms with van der Waals surface area (Å²) >= 11 is 3.66. The Morgan fingerprint density at radius 2 is 2.29 bits per heavy atom. The normalized spacial score (nSPS) is 7.71. The van der Waals surface area contributed by atoms with Gasteiger partial charge in [-0.15, -0.1) is 0 Å². The molecule has 3 heteroatoms. The van der Waals surface area contributed by atoms with Gasteiger partial charge in [-0.2, -0.15) is 0 Å². The van der Waals surface area contributed by atoms with E-state index < -0.39 is 0 Å². The van der Waals surface area contributed by atoms with Crippen LogP contribution in [-0.4, -0.2) is 21.7 Å². The predicted octanol–water partition coefficient (Wildman–Crippen LogP) is -2.45. The Balaban J connectivity index is 0.000000360. The Bertz CT molecular complexity index is 115. The number of rotatable bonds is 0. The van der Waals surface area contributed by atoms with Gasteiger partial charge in [0.05, 0.1) is 0 Å². The molecule has 0 aliphatic rings. The molecule has 0 aromatic carbocycles. The third-order valence-corrected chi connectivity index (χ3v) is 2.05. The van der Waals surface area contributed by atoms with Gasteiger partial charge >= 0.3 is 53.6 Å². The molecule has 0 saturated heterocycles. The van der Waals surface area contributed by atoms with E-state index in [2.05, 4.69) is 16.8 Å². The molecule has 0 bridgehead atoms. The van der Waals surface area contributed by atoms with E-state index in [1.807, 2.05) is 21.7 Å². The van der Waals surface area contributed by atoms with E-state index in [-0.39, 0.29) is 17.0 Å². The molecule has 0 fully saturated rings. The maximum atomic E-state index is 2.14. The van der Waals surface area contributed by atoms with E-state index in [9.17, 15) is 0 Å². The van der Waals surface area contributed by atoms with Crippen molar-refractivity contribution >= 4 is 36.7 Å². The maximum absolute atomic E-state index is 2.14. The number of halogens is 1. The van der Waals surface area contributed by atoms with Crippen molar-refractivity contribution in [3.05, 3.63) is 16.8 Å². The molecule has 7 heavy (non-hydrogen) atoms. The second-order valence-corrected chi connectivity index (χ2v) is 2.73. The molecule has 0 atom stereocenters. The summed E-state index contributed by atoms with van der Waals surface area (Å²) in [4.78, 5) is 0. The van der Waals surface area contributed by atoms with Crippen LogP contribution in [0.15, 0.2) is 16.8 Å². The van der Waals surface area contributed by atoms with Crippen LogP contribution in [0.1, 0.15) is 0 Å². The monoisotopic (exact) mass is 186 g/mol. The van der Waals surface area contributed by atoms with Crippen molar-refractivity contribution in [1.29, 1.82) is 0 Å². The van der Waals surface area contributed by atoms with Crippen LogP contribution in [0.25, 0.3) is 0 Å². The Kier molecular flexibility index (Phi) is 4.42. The molecular formula is C4H3BrMgS. The second-order valence-electron chi connectivity index (χ2n) is 1.13. The van der Waals surface area contributed by atoms with Gasteiger partial charge in [-0.25, -0.2) is 0 Å². The van der Waals surface area contributed by atoms with Crippen LogP contribution in [0, 0.1) is 0 Å². The van der Waals surface area contributed by atoms with Gasteiger partial charge in [-0.1, -0.05) is 0 Å². The number of hydrogen-bond donors (Lipinski definition) is 0. The summed E-state index contributed by atoms with van der Waals surface area (Å²) in [6.45, 7) is 0. The van der Waals surface area contributed by atoms with Crippen molar-refractivity contribution in [3.63, 3.8) is 0 Å². The summed E-state index contributed by atoms with van der Waals surface area (Å²) in [5.41, 5.74) is 0. The molecule has 1 aromatic rings. The number of hydrogen-bond acceptors (Lipinski definition) is 1. The van der Waals surface area contributed by atoms with Crippen molar-refractivity contribution in [2.24, 2.45) is 0 Å². The van der Waals surface area contributed by atoms with Gasteiger partial charge in [-0.05, 0) is 0 Å². The summed E-state index contributed by atoms with van der Waals surface area (Å²) < 4.78 is 1.39. The standard InChI is InChI=1S/C4H3S.BrH.Mg/c1-2-4-5-3-1;;/h1,3-4H;1H;/q;;+1/p-1. The molecule has 0 saturated carbocycles. The molecule has 0 aliphatic carbocycles. The molecule has 1 heterocycles. The third kappa shape index (κ3) is 2.69. The van der Waals surface area contributed by atoms with Crippen LogP contribution in [0.5, 0.6) is 0 Å². The summed E-state index contributed by atoms with van der Waals surface area (Å²) in [5, 5.41) is 4.22. The molecule has 0 N–H and O–H groups in total. The van der Waals surface area contributed by atoms with Crippen molar-refractivity contribution in [1.82, 2.24) is 0 Å². The predicted molar refractivity (Wildman–Crippen MR) is 29.7 cm³/mol. The molecule has 1 rings (SSSR count). The first-order valence-electron chi connectivity index (χ1n) is 1.74. The van der Waals surface area contributed by atoms with Crippen LogP contribution < -0.4 is 20.7 Å². The molecule has 0 unspecified atom stereocenters. The Labute approximate surface area is 70.1 Å². The summed E-state index contributed by atoms with van der Waals surface area (Å²) in [7, 11) is 0. The fourth-order valence-corrected chi connectivity index (χ4v) is 1.46. The Morgan fingerprint density at radius 1 is 1.57 bits per heavy atom. The SMILES string of the molecule is [Br-].[Mg+][c]1ccsc1. The van der Waals surface area contributed by atoms with Gasteiger partial charge in [0.1, 0.15) is 0 Å². The van der Waals surface area contributed by atoms with E-state index in [4.69, 9.17) is 0 Å². The minimum atomic E-state index is 0. The summed E-state index contributed by atoms with van der Waals surface area (Å²) in [6.07, 6.45) is 0. The average molecular weight is 187 g/mol. The zero-order chi connectivity index (χ0) is 4.41. The van der Waals surface area contributed by atoms with Crippen LogP contribution in [-0.2, 0) is 0 Å². The summed E-state index contributed by atoms with van der Waals surface area (Å²) in [6, 6.07) is 2.11. The first-order valence-corrected chi connectivity index (χ1v) is 3.39. The first-order chi connectivity index (χ1) is 2.89. The van der Waals surface area contributed by atoms with Gasteiger partial charge < -0.3 is 17.0 Å². The van der Waals surface area contributed by atoms with E-state index in [0.717, 1.165) is 0 Å². The molecule has 1 aromatic heterocycles. The zero-order valence-corrected chi connectivity index (χ0v) is 7.54. The Morgan fingerprint density at radius 3 is 2.43 bits per heavy atom. The molecule has 34 valence electrons. The average Bonchev–Trinajstić information content (AvgIpc) is 1.86. The van der Waals surface area contributed by atoms with E-state index >= 15 is 0 Å². The fraction of sp³-hybridized carbons (Fsp3) is 0. The molecule has 0 aliphatic heterocycles. The topological polar surface area (TPSA) is 0 Å². The second kappa shape index (κ2) is 3.89. The molecular weight excluding hydrogens is 184 g/mol. The van der Waals surface area contributed by atoms with Crippen LogP contribution >= 0.6 is 11.3 Å². The third-order valence-electron chi connectivity index (χ3n) is 0.580. The van der Waals surface area contributed by atoms with Gasteiger partial charge in [0, 0.05) is 0 Å². The van der Waals surface area contributed by atoms with Crippen LogP contribution in [0.3, 0.4) is 0 Å². The van der Waals surface area contributed by atoms with Gasteiger partial charge in [0.2, 0.25) is 0 Å². The van der Waals surface area contributed by atoms with Crippen molar-refractivity contribution in [2.75, 3.05) is 0 Å². The van der Waals surface area contributed by atoms with Crippen molar-refractivity contribution in [2.45, 2.75) is 0 Å². The minimum absolute atomic E-state index is 0. The molecule has 0 nitrogen and oxygen atoms in total. The molecule has 0 spiro atoms. The Hall–Kier alpha value is 0.946. The number of thiophene rings is 1. The van der Waals surface area contributed by atoms with Gasteiger partial charge in [0.25, 0.3) is 0 Å². The van der Waals surface area contributed by atoms with E-state index in [1.165, 1.54) is 3.69 Å². The van der Waals surface area contributed by atoms with Crippen molar-refractivity contribution < 1.29 is 17.0 Å². The summed E-state index contributed by atoms with van der Waals surface area (Å²) in [5.74, 6) is 0. The first kappa shape index (κ1) is 7.95. The van der Waals surface area contributed by atoms with Gasteiger partial charge in [0.15, 0.2) is 0 Å². The van der Waals surface area contributed by atoms with E-state index in [1.54, 1.807) is 11.3 Å². The molecule has 0 radical (unpaired) electrons. The zero-order valence-electron chi connectivity index (χ0n) is 3.73. The van der Waals surface area contributed by atoms with E-state index in [0.29, 0.717) is 0 Å².